The SMILES string of the molecule is COCCn1c(N)c(C(=O)N2CCCCCC2)sc1=S. The van der Waals surface area contributed by atoms with Crippen LogP contribution in [0.2, 0.25) is 0 Å². The molecular weight excluding hydrogens is 294 g/mol. The quantitative estimate of drug-likeness (QED) is 0.867. The Morgan fingerprint density at radius 3 is 2.60 bits per heavy atom. The van der Waals surface area contributed by atoms with Crippen LogP contribution < -0.4 is 5.73 Å². The molecule has 112 valence electrons. The number of rotatable bonds is 4. The van der Waals surface area contributed by atoms with Gasteiger partial charge < -0.3 is 19.9 Å². The van der Waals surface area contributed by atoms with Gasteiger partial charge in [-0.15, -0.1) is 0 Å². The van der Waals surface area contributed by atoms with E-state index in [2.05, 4.69) is 0 Å². The van der Waals surface area contributed by atoms with Crippen LogP contribution in [0.1, 0.15) is 35.4 Å². The molecule has 1 aliphatic rings. The summed E-state index contributed by atoms with van der Waals surface area (Å²) in [4.78, 5) is 15.1. The number of aromatic nitrogens is 1. The van der Waals surface area contributed by atoms with Gasteiger partial charge >= 0.3 is 0 Å². The molecular formula is C13H21N3O2S2. The summed E-state index contributed by atoms with van der Waals surface area (Å²) < 4.78 is 7.47. The maximum absolute atomic E-state index is 12.6. The molecule has 1 amide bonds. The average molecular weight is 315 g/mol. The fraction of sp³-hybridized carbons (Fsp3) is 0.692. The molecule has 20 heavy (non-hydrogen) atoms. The second-order valence-corrected chi connectivity index (χ2v) is 6.58. The minimum atomic E-state index is 0.0247. The summed E-state index contributed by atoms with van der Waals surface area (Å²) in [5, 5.41) is 0. The van der Waals surface area contributed by atoms with Gasteiger partial charge in [0.05, 0.1) is 6.61 Å². The predicted octanol–water partition coefficient (Wildman–Crippen LogP) is 2.52. The van der Waals surface area contributed by atoms with Crippen LogP contribution in [0.5, 0.6) is 0 Å². The molecule has 1 aromatic rings. The first-order valence-electron chi connectivity index (χ1n) is 6.92. The third-order valence-electron chi connectivity index (χ3n) is 3.54. The molecule has 0 radical (unpaired) electrons. The van der Waals surface area contributed by atoms with Crippen LogP contribution in [-0.2, 0) is 11.3 Å². The molecule has 1 saturated heterocycles. The lowest BCUT2D eigenvalue weighted by atomic mass is 10.2. The molecule has 1 aromatic heterocycles. The standard InChI is InChI=1S/C13H21N3O2S2/c1-18-9-8-16-11(14)10(20-13(16)19)12(17)15-6-4-2-3-5-7-15/h2-9,14H2,1H3. The van der Waals surface area contributed by atoms with Gasteiger partial charge in [0.1, 0.15) is 10.7 Å². The van der Waals surface area contributed by atoms with Crippen molar-refractivity contribution in [3.05, 3.63) is 8.83 Å². The second kappa shape index (κ2) is 7.19. The summed E-state index contributed by atoms with van der Waals surface area (Å²) in [5.41, 5.74) is 6.10. The first-order chi connectivity index (χ1) is 9.65. The van der Waals surface area contributed by atoms with Crippen molar-refractivity contribution in [3.8, 4) is 0 Å². The Morgan fingerprint density at radius 1 is 1.35 bits per heavy atom. The van der Waals surface area contributed by atoms with E-state index in [-0.39, 0.29) is 5.91 Å². The number of amides is 1. The van der Waals surface area contributed by atoms with Gasteiger partial charge in [-0.3, -0.25) is 4.79 Å². The van der Waals surface area contributed by atoms with E-state index in [9.17, 15) is 4.79 Å². The molecule has 2 N–H and O–H groups in total. The maximum atomic E-state index is 12.6. The summed E-state index contributed by atoms with van der Waals surface area (Å²) >= 11 is 6.60. The van der Waals surface area contributed by atoms with Crippen LogP contribution in [-0.4, -0.2) is 42.2 Å². The van der Waals surface area contributed by atoms with Crippen molar-refractivity contribution in [1.82, 2.24) is 9.47 Å². The first kappa shape index (κ1) is 15.5. The number of thiazole rings is 1. The molecule has 0 spiro atoms. The highest BCUT2D eigenvalue weighted by atomic mass is 32.1. The average Bonchev–Trinajstić information content (AvgIpc) is 2.65. The molecule has 0 bridgehead atoms. The largest absolute Gasteiger partial charge is 0.384 e. The van der Waals surface area contributed by atoms with Crippen molar-refractivity contribution in [2.24, 2.45) is 0 Å². The van der Waals surface area contributed by atoms with Crippen LogP contribution in [0.25, 0.3) is 0 Å². The molecule has 0 aromatic carbocycles. The number of ether oxygens (including phenoxy) is 1. The number of nitrogen functional groups attached to an aromatic ring is 1. The van der Waals surface area contributed by atoms with Crippen molar-refractivity contribution in [2.75, 3.05) is 32.5 Å². The lowest BCUT2D eigenvalue weighted by Crippen LogP contribution is -2.31. The van der Waals surface area contributed by atoms with Gasteiger partial charge in [0.15, 0.2) is 3.95 Å². The smallest absolute Gasteiger partial charge is 0.267 e. The lowest BCUT2D eigenvalue weighted by Gasteiger charge is -2.19. The predicted molar refractivity (Wildman–Crippen MR) is 83.8 cm³/mol. The van der Waals surface area contributed by atoms with E-state index in [1.165, 1.54) is 24.2 Å². The van der Waals surface area contributed by atoms with Crippen LogP contribution >= 0.6 is 23.6 Å². The molecule has 2 heterocycles. The minimum absolute atomic E-state index is 0.0247. The number of nitrogens with zero attached hydrogens (tertiary/aromatic N) is 2. The molecule has 0 aliphatic carbocycles. The third kappa shape index (κ3) is 3.39. The van der Waals surface area contributed by atoms with E-state index < -0.39 is 0 Å². The molecule has 0 saturated carbocycles. The van der Waals surface area contributed by atoms with Gasteiger partial charge in [0, 0.05) is 26.7 Å². The minimum Gasteiger partial charge on any atom is -0.384 e. The number of hydrogen-bond acceptors (Lipinski definition) is 5. The maximum Gasteiger partial charge on any atom is 0.267 e. The first-order valence-corrected chi connectivity index (χ1v) is 8.15. The van der Waals surface area contributed by atoms with Crippen molar-refractivity contribution < 1.29 is 9.53 Å². The molecule has 1 fully saturated rings. The normalized spacial score (nSPS) is 16.1. The third-order valence-corrected chi connectivity index (χ3v) is 4.99. The van der Waals surface area contributed by atoms with E-state index in [1.54, 1.807) is 11.7 Å². The van der Waals surface area contributed by atoms with Gasteiger partial charge in [-0.2, -0.15) is 0 Å². The summed E-state index contributed by atoms with van der Waals surface area (Å²) in [6.07, 6.45) is 4.54. The summed E-state index contributed by atoms with van der Waals surface area (Å²) in [7, 11) is 1.63. The number of carbonyl (C=O) groups is 1. The van der Waals surface area contributed by atoms with Crippen molar-refractivity contribution in [3.63, 3.8) is 0 Å². The van der Waals surface area contributed by atoms with Crippen molar-refractivity contribution >= 4 is 35.3 Å². The van der Waals surface area contributed by atoms with Crippen molar-refractivity contribution in [2.45, 2.75) is 32.2 Å². The van der Waals surface area contributed by atoms with E-state index in [1.807, 2.05) is 4.90 Å². The van der Waals surface area contributed by atoms with Crippen molar-refractivity contribution in [1.29, 1.82) is 0 Å². The number of hydrogen-bond donors (Lipinski definition) is 1. The van der Waals surface area contributed by atoms with E-state index >= 15 is 0 Å². The van der Waals surface area contributed by atoms with Gasteiger partial charge in [0.2, 0.25) is 0 Å². The van der Waals surface area contributed by atoms with Crippen LogP contribution in [0.15, 0.2) is 0 Å². The fourth-order valence-electron chi connectivity index (χ4n) is 2.38. The second-order valence-electron chi connectivity index (χ2n) is 4.93. The fourth-order valence-corrected chi connectivity index (χ4v) is 3.73. The lowest BCUT2D eigenvalue weighted by molar-refractivity contribution is 0.0767. The van der Waals surface area contributed by atoms with Gasteiger partial charge in [0.25, 0.3) is 5.91 Å². The number of likely N-dealkylation sites (tertiary alicyclic amines) is 1. The van der Waals surface area contributed by atoms with Gasteiger partial charge in [-0.05, 0) is 25.1 Å². The summed E-state index contributed by atoms with van der Waals surface area (Å²) in [6, 6.07) is 0. The summed E-state index contributed by atoms with van der Waals surface area (Å²) in [5.74, 6) is 0.503. The Morgan fingerprint density at radius 2 is 2.00 bits per heavy atom. The zero-order valence-electron chi connectivity index (χ0n) is 11.8. The summed E-state index contributed by atoms with van der Waals surface area (Å²) in [6.45, 7) is 2.76. The molecule has 7 heteroatoms. The Bertz CT molecular complexity index is 516. The zero-order valence-corrected chi connectivity index (χ0v) is 13.4. The molecule has 5 nitrogen and oxygen atoms in total. The molecule has 1 aliphatic heterocycles. The number of methoxy groups -OCH3 is 1. The van der Waals surface area contributed by atoms with E-state index in [0.717, 1.165) is 25.9 Å². The van der Waals surface area contributed by atoms with Crippen LogP contribution in [0.3, 0.4) is 0 Å². The Hall–Kier alpha value is -0.920. The van der Waals surface area contributed by atoms with Crippen LogP contribution in [0, 0.1) is 3.95 Å². The van der Waals surface area contributed by atoms with E-state index in [0.29, 0.717) is 27.8 Å². The topological polar surface area (TPSA) is 60.5 Å². The monoisotopic (exact) mass is 315 g/mol. The zero-order chi connectivity index (χ0) is 14.5. The Kier molecular flexibility index (Phi) is 5.56. The van der Waals surface area contributed by atoms with Crippen LogP contribution in [0.4, 0.5) is 5.82 Å². The Balaban J connectivity index is 2.19. The molecule has 2 rings (SSSR count). The highest BCUT2D eigenvalue weighted by Crippen LogP contribution is 2.25. The number of carbonyl (C=O) groups excluding carboxylic acids is 1. The van der Waals surface area contributed by atoms with Gasteiger partial charge in [-0.1, -0.05) is 24.2 Å². The highest BCUT2D eigenvalue weighted by molar-refractivity contribution is 7.73. The molecule has 0 atom stereocenters. The highest BCUT2D eigenvalue weighted by Gasteiger charge is 2.23. The number of nitrogens with two attached hydrogens (primary N) is 1. The van der Waals surface area contributed by atoms with Gasteiger partial charge in [-0.25, -0.2) is 0 Å². The van der Waals surface area contributed by atoms with E-state index in [4.69, 9.17) is 22.7 Å². The Labute approximate surface area is 128 Å². The molecule has 0 unspecified atom stereocenters. The number of anilines is 1.